The van der Waals surface area contributed by atoms with E-state index < -0.39 is 0 Å². The quantitative estimate of drug-likeness (QED) is 0.659. The van der Waals surface area contributed by atoms with Gasteiger partial charge in [-0.25, -0.2) is 0 Å². The lowest BCUT2D eigenvalue weighted by molar-refractivity contribution is -0.119. The van der Waals surface area contributed by atoms with E-state index in [4.69, 9.17) is 0 Å². The topological polar surface area (TPSA) is 20.3 Å². The minimum Gasteiger partial charge on any atom is -0.369 e. The third-order valence-electron chi connectivity index (χ3n) is 3.27. The molecule has 2 heteroatoms. The first-order valence-corrected chi connectivity index (χ1v) is 6.70. The predicted octanol–water partition coefficient (Wildman–Crippen LogP) is 3.38. The number of unbranched alkanes of at least 4 members (excludes halogenated alkanes) is 2. The third-order valence-corrected chi connectivity index (χ3v) is 3.27. The largest absolute Gasteiger partial charge is 0.369 e. The van der Waals surface area contributed by atoms with Gasteiger partial charge < -0.3 is 4.90 Å². The second-order valence-corrected chi connectivity index (χ2v) is 4.78. The first-order valence-electron chi connectivity index (χ1n) is 6.70. The lowest BCUT2D eigenvalue weighted by atomic mass is 10.1. The third kappa shape index (κ3) is 3.36. The second kappa shape index (κ2) is 6.72. The number of hydrogen-bond donors (Lipinski definition) is 0. The molecule has 0 saturated heterocycles. The summed E-state index contributed by atoms with van der Waals surface area (Å²) in [5.41, 5.74) is 0.995. The lowest BCUT2D eigenvalue weighted by Gasteiger charge is -2.25. The maximum Gasteiger partial charge on any atom is 0.181 e. The van der Waals surface area contributed by atoms with Crippen LogP contribution in [0, 0.1) is 5.92 Å². The summed E-state index contributed by atoms with van der Waals surface area (Å²) in [5, 5.41) is 0. The molecule has 1 aliphatic carbocycles. The molecule has 0 saturated carbocycles. The molecular formula is C14H25NO. The zero-order valence-corrected chi connectivity index (χ0v) is 11.0. The highest BCUT2D eigenvalue weighted by atomic mass is 16.1. The first-order chi connectivity index (χ1) is 7.70. The van der Waals surface area contributed by atoms with Gasteiger partial charge in [0, 0.05) is 19.0 Å². The highest BCUT2D eigenvalue weighted by Crippen LogP contribution is 2.24. The monoisotopic (exact) mass is 223 g/mol. The Morgan fingerprint density at radius 1 is 1.25 bits per heavy atom. The minimum absolute atomic E-state index is 0.209. The summed E-state index contributed by atoms with van der Waals surface area (Å²) >= 11 is 0. The molecule has 0 aliphatic heterocycles. The molecular weight excluding hydrogens is 198 g/mol. The van der Waals surface area contributed by atoms with Crippen molar-refractivity contribution in [1.82, 2.24) is 4.90 Å². The van der Waals surface area contributed by atoms with Gasteiger partial charge in [0.2, 0.25) is 0 Å². The molecule has 0 aromatic rings. The Hall–Kier alpha value is -0.790. The van der Waals surface area contributed by atoms with Gasteiger partial charge >= 0.3 is 0 Å². The molecule has 92 valence electrons. The molecule has 16 heavy (non-hydrogen) atoms. The molecule has 1 rings (SSSR count). The number of nitrogens with zero attached hydrogens (tertiary/aromatic N) is 1. The first kappa shape index (κ1) is 13.3. The molecule has 0 heterocycles. The maximum atomic E-state index is 12.0. The summed E-state index contributed by atoms with van der Waals surface area (Å²) < 4.78 is 0. The van der Waals surface area contributed by atoms with Gasteiger partial charge in [0.25, 0.3) is 0 Å². The Morgan fingerprint density at radius 2 is 1.81 bits per heavy atom. The van der Waals surface area contributed by atoms with Crippen LogP contribution in [-0.2, 0) is 4.79 Å². The number of Topliss-reactive ketones (excluding diaryl/α,β-unsaturated/α-hetero) is 1. The zero-order chi connectivity index (χ0) is 12.0. The number of rotatable bonds is 7. The van der Waals surface area contributed by atoms with E-state index in [2.05, 4.69) is 24.8 Å². The molecule has 0 radical (unpaired) electrons. The fraction of sp³-hybridized carbons (Fsp3) is 0.786. The number of carbonyl (C=O) groups is 1. The summed E-state index contributed by atoms with van der Waals surface area (Å²) in [6.45, 7) is 8.52. The van der Waals surface area contributed by atoms with Crippen LogP contribution in [0.5, 0.6) is 0 Å². The SMILES string of the molecule is CCCCN(CCCC)C1=CCC(C)C1=O. The Bertz CT molecular complexity index is 249. The molecule has 0 spiro atoms. The van der Waals surface area contributed by atoms with Crippen molar-refractivity contribution in [2.24, 2.45) is 5.92 Å². The van der Waals surface area contributed by atoms with E-state index in [1.54, 1.807) is 0 Å². The van der Waals surface area contributed by atoms with Gasteiger partial charge in [-0.15, -0.1) is 0 Å². The van der Waals surface area contributed by atoms with Gasteiger partial charge in [0.15, 0.2) is 5.78 Å². The van der Waals surface area contributed by atoms with Crippen LogP contribution in [-0.4, -0.2) is 23.8 Å². The van der Waals surface area contributed by atoms with Crippen molar-refractivity contribution in [3.05, 3.63) is 11.8 Å². The van der Waals surface area contributed by atoms with Crippen molar-refractivity contribution in [3.63, 3.8) is 0 Å². The van der Waals surface area contributed by atoms with Crippen molar-refractivity contribution >= 4 is 5.78 Å². The zero-order valence-electron chi connectivity index (χ0n) is 11.0. The molecule has 2 nitrogen and oxygen atoms in total. The Labute approximate surface area is 99.7 Å². The van der Waals surface area contributed by atoms with Gasteiger partial charge in [-0.3, -0.25) is 4.79 Å². The van der Waals surface area contributed by atoms with Gasteiger partial charge in [-0.05, 0) is 19.3 Å². The van der Waals surface area contributed by atoms with Gasteiger partial charge in [0.1, 0.15) is 0 Å². The van der Waals surface area contributed by atoms with E-state index in [0.717, 1.165) is 25.2 Å². The maximum absolute atomic E-state index is 12.0. The van der Waals surface area contributed by atoms with E-state index in [1.165, 1.54) is 25.7 Å². The van der Waals surface area contributed by atoms with Crippen molar-refractivity contribution < 1.29 is 4.79 Å². The molecule has 0 N–H and O–H groups in total. The Morgan fingerprint density at radius 3 is 2.19 bits per heavy atom. The van der Waals surface area contributed by atoms with Crippen LogP contribution >= 0.6 is 0 Å². The van der Waals surface area contributed by atoms with Crippen molar-refractivity contribution in [1.29, 1.82) is 0 Å². The molecule has 0 fully saturated rings. The second-order valence-electron chi connectivity index (χ2n) is 4.78. The standard InChI is InChI=1S/C14H25NO/c1-4-6-10-15(11-7-5-2)13-9-8-12(3)14(13)16/h9,12H,4-8,10-11H2,1-3H3. The smallest absolute Gasteiger partial charge is 0.181 e. The van der Waals surface area contributed by atoms with Crippen LogP contribution in [0.1, 0.15) is 52.9 Å². The lowest BCUT2D eigenvalue weighted by Crippen LogP contribution is -2.29. The van der Waals surface area contributed by atoms with E-state index in [0.29, 0.717) is 5.78 Å². The van der Waals surface area contributed by atoms with Crippen LogP contribution in [0.25, 0.3) is 0 Å². The normalized spacial score (nSPS) is 20.1. The van der Waals surface area contributed by atoms with Crippen LogP contribution < -0.4 is 0 Å². The summed E-state index contributed by atoms with van der Waals surface area (Å²) in [7, 11) is 0. The summed E-state index contributed by atoms with van der Waals surface area (Å²) in [6, 6.07) is 0. The minimum atomic E-state index is 0.209. The number of ketones is 1. The molecule has 0 aromatic heterocycles. The predicted molar refractivity (Wildman–Crippen MR) is 68.3 cm³/mol. The highest BCUT2D eigenvalue weighted by Gasteiger charge is 2.26. The fourth-order valence-corrected chi connectivity index (χ4v) is 2.08. The average molecular weight is 223 g/mol. The number of carbonyl (C=O) groups excluding carboxylic acids is 1. The molecule has 0 aromatic carbocycles. The molecule has 1 aliphatic rings. The van der Waals surface area contributed by atoms with Gasteiger partial charge in [-0.2, -0.15) is 0 Å². The Balaban J connectivity index is 2.57. The van der Waals surface area contributed by atoms with Gasteiger partial charge in [-0.1, -0.05) is 39.7 Å². The fourth-order valence-electron chi connectivity index (χ4n) is 2.08. The van der Waals surface area contributed by atoms with E-state index >= 15 is 0 Å². The summed E-state index contributed by atoms with van der Waals surface area (Å²) in [6.07, 6.45) is 7.83. The number of hydrogen-bond acceptors (Lipinski definition) is 2. The van der Waals surface area contributed by atoms with E-state index in [1.807, 2.05) is 6.92 Å². The van der Waals surface area contributed by atoms with Crippen LogP contribution in [0.2, 0.25) is 0 Å². The van der Waals surface area contributed by atoms with Gasteiger partial charge in [0.05, 0.1) is 5.70 Å². The van der Waals surface area contributed by atoms with Crippen molar-refractivity contribution in [2.45, 2.75) is 52.9 Å². The molecule has 1 atom stereocenters. The molecule has 0 bridgehead atoms. The van der Waals surface area contributed by atoms with Crippen molar-refractivity contribution in [2.75, 3.05) is 13.1 Å². The number of allylic oxidation sites excluding steroid dienone is 2. The summed E-state index contributed by atoms with van der Waals surface area (Å²) in [4.78, 5) is 14.3. The Kier molecular flexibility index (Phi) is 5.58. The molecule has 1 unspecified atom stereocenters. The van der Waals surface area contributed by atoms with E-state index in [-0.39, 0.29) is 5.92 Å². The summed E-state index contributed by atoms with van der Waals surface area (Å²) in [5.74, 6) is 0.563. The average Bonchev–Trinajstić information content (AvgIpc) is 2.61. The highest BCUT2D eigenvalue weighted by molar-refractivity contribution is 5.98. The van der Waals surface area contributed by atoms with Crippen LogP contribution in [0.4, 0.5) is 0 Å². The van der Waals surface area contributed by atoms with Crippen LogP contribution in [0.15, 0.2) is 11.8 Å². The van der Waals surface area contributed by atoms with E-state index in [9.17, 15) is 4.79 Å². The van der Waals surface area contributed by atoms with Crippen LogP contribution in [0.3, 0.4) is 0 Å². The molecule has 0 amide bonds. The van der Waals surface area contributed by atoms with Crippen molar-refractivity contribution in [3.8, 4) is 0 Å².